The molecule has 0 aromatic carbocycles. The van der Waals surface area contributed by atoms with E-state index in [0.717, 1.165) is 29.5 Å². The van der Waals surface area contributed by atoms with E-state index in [1.54, 1.807) is 17.6 Å². The molecule has 86 valence electrons. The van der Waals surface area contributed by atoms with Crippen molar-refractivity contribution in [1.29, 1.82) is 0 Å². The number of halogens is 1. The highest BCUT2D eigenvalue weighted by Crippen LogP contribution is 2.26. The van der Waals surface area contributed by atoms with Crippen molar-refractivity contribution in [2.75, 3.05) is 0 Å². The van der Waals surface area contributed by atoms with Crippen LogP contribution in [0, 0.1) is 0 Å². The van der Waals surface area contributed by atoms with Crippen LogP contribution in [0.15, 0.2) is 38.7 Å². The lowest BCUT2D eigenvalue weighted by Gasteiger charge is -2.08. The molecule has 2 N–H and O–H groups in total. The first kappa shape index (κ1) is 11.9. The molecule has 0 radical (unpaired) electrons. The maximum atomic E-state index is 6.06. The highest BCUT2D eigenvalue weighted by atomic mass is 79.9. The van der Waals surface area contributed by atoms with Gasteiger partial charge < -0.3 is 10.2 Å². The number of furan rings is 1. The van der Waals surface area contributed by atoms with Crippen molar-refractivity contribution < 1.29 is 4.42 Å². The SMILES string of the molecule is NC(CCCc1cccs1)c1occc1Br. The minimum Gasteiger partial charge on any atom is -0.466 e. The van der Waals surface area contributed by atoms with Gasteiger partial charge in [-0.1, -0.05) is 6.07 Å². The fraction of sp³-hybridized carbons (Fsp3) is 0.333. The Kier molecular flexibility index (Phi) is 4.21. The first-order chi connectivity index (χ1) is 7.77. The molecule has 0 bridgehead atoms. The van der Waals surface area contributed by atoms with E-state index < -0.39 is 0 Å². The van der Waals surface area contributed by atoms with Crippen LogP contribution in [0.2, 0.25) is 0 Å². The molecule has 0 aliphatic rings. The summed E-state index contributed by atoms with van der Waals surface area (Å²) in [7, 11) is 0. The van der Waals surface area contributed by atoms with Crippen molar-refractivity contribution in [3.8, 4) is 0 Å². The summed E-state index contributed by atoms with van der Waals surface area (Å²) in [4.78, 5) is 1.42. The standard InChI is InChI=1S/C12H14BrNOS/c13-10-6-7-15-12(10)11(14)5-1-3-9-4-2-8-16-9/h2,4,6-8,11H,1,3,5,14H2. The van der Waals surface area contributed by atoms with E-state index >= 15 is 0 Å². The maximum Gasteiger partial charge on any atom is 0.134 e. The summed E-state index contributed by atoms with van der Waals surface area (Å²) in [5.41, 5.74) is 6.06. The van der Waals surface area contributed by atoms with Gasteiger partial charge in [0.2, 0.25) is 0 Å². The van der Waals surface area contributed by atoms with Gasteiger partial charge >= 0.3 is 0 Å². The Hall–Kier alpha value is -0.580. The Labute approximate surface area is 108 Å². The van der Waals surface area contributed by atoms with E-state index in [-0.39, 0.29) is 6.04 Å². The molecule has 1 atom stereocenters. The molecule has 0 amide bonds. The predicted octanol–water partition coefficient (Wildman–Crippen LogP) is 4.13. The molecule has 0 saturated carbocycles. The Morgan fingerprint density at radius 3 is 2.94 bits per heavy atom. The number of aryl methyl sites for hydroxylation is 1. The highest BCUT2D eigenvalue weighted by molar-refractivity contribution is 9.10. The van der Waals surface area contributed by atoms with Crippen molar-refractivity contribution in [2.45, 2.75) is 25.3 Å². The molecule has 0 spiro atoms. The van der Waals surface area contributed by atoms with Crippen LogP contribution in [0.1, 0.15) is 29.5 Å². The Balaban J connectivity index is 1.80. The van der Waals surface area contributed by atoms with Gasteiger partial charge in [-0.25, -0.2) is 0 Å². The minimum absolute atomic E-state index is 0.00987. The molecule has 2 aromatic heterocycles. The van der Waals surface area contributed by atoms with Crippen LogP contribution in [0.3, 0.4) is 0 Å². The largest absolute Gasteiger partial charge is 0.466 e. The second kappa shape index (κ2) is 5.66. The number of rotatable bonds is 5. The third-order valence-electron chi connectivity index (χ3n) is 2.50. The van der Waals surface area contributed by atoms with Crippen LogP contribution in [0.4, 0.5) is 0 Å². The molecule has 0 aliphatic heterocycles. The second-order valence-electron chi connectivity index (χ2n) is 3.71. The Bertz CT molecular complexity index is 424. The number of hydrogen-bond donors (Lipinski definition) is 1. The van der Waals surface area contributed by atoms with Crippen molar-refractivity contribution in [1.82, 2.24) is 0 Å². The van der Waals surface area contributed by atoms with Gasteiger partial charge in [-0.3, -0.25) is 0 Å². The third-order valence-corrected chi connectivity index (χ3v) is 4.09. The molecule has 2 aromatic rings. The van der Waals surface area contributed by atoms with Gasteiger partial charge in [-0.15, -0.1) is 11.3 Å². The van der Waals surface area contributed by atoms with Crippen molar-refractivity contribution in [3.63, 3.8) is 0 Å². The second-order valence-corrected chi connectivity index (χ2v) is 5.60. The van der Waals surface area contributed by atoms with E-state index in [1.165, 1.54) is 4.88 Å². The van der Waals surface area contributed by atoms with Crippen molar-refractivity contribution in [2.24, 2.45) is 5.73 Å². The van der Waals surface area contributed by atoms with Gasteiger partial charge in [0.25, 0.3) is 0 Å². The normalized spacial score (nSPS) is 12.9. The summed E-state index contributed by atoms with van der Waals surface area (Å²) in [5.74, 6) is 0.853. The number of nitrogens with two attached hydrogens (primary N) is 1. The monoisotopic (exact) mass is 299 g/mol. The molecule has 4 heteroatoms. The van der Waals surface area contributed by atoms with Crippen molar-refractivity contribution >= 4 is 27.3 Å². The quantitative estimate of drug-likeness (QED) is 0.902. The van der Waals surface area contributed by atoms with E-state index in [2.05, 4.69) is 33.4 Å². The van der Waals surface area contributed by atoms with Gasteiger partial charge in [0, 0.05) is 4.88 Å². The average Bonchev–Trinajstić information content (AvgIpc) is 2.88. The fourth-order valence-electron chi connectivity index (χ4n) is 1.65. The summed E-state index contributed by atoms with van der Waals surface area (Å²) >= 11 is 5.23. The van der Waals surface area contributed by atoms with E-state index in [9.17, 15) is 0 Å². The molecule has 16 heavy (non-hydrogen) atoms. The summed E-state index contributed by atoms with van der Waals surface area (Å²) in [5, 5.41) is 2.11. The maximum absolute atomic E-state index is 6.06. The van der Waals surface area contributed by atoms with Gasteiger partial charge in [0.05, 0.1) is 16.8 Å². The first-order valence-corrected chi connectivity index (χ1v) is 6.95. The predicted molar refractivity (Wildman–Crippen MR) is 70.6 cm³/mol. The van der Waals surface area contributed by atoms with Crippen LogP contribution in [-0.2, 0) is 6.42 Å². The zero-order chi connectivity index (χ0) is 11.4. The lowest BCUT2D eigenvalue weighted by atomic mass is 10.1. The van der Waals surface area contributed by atoms with Crippen LogP contribution in [-0.4, -0.2) is 0 Å². The molecule has 2 rings (SSSR count). The molecular formula is C12H14BrNOS. The molecule has 0 fully saturated rings. The van der Waals surface area contributed by atoms with E-state index in [1.807, 2.05) is 6.07 Å². The number of hydrogen-bond acceptors (Lipinski definition) is 3. The Morgan fingerprint density at radius 1 is 1.44 bits per heavy atom. The van der Waals surface area contributed by atoms with Crippen LogP contribution in [0.25, 0.3) is 0 Å². The Morgan fingerprint density at radius 2 is 2.31 bits per heavy atom. The molecular weight excluding hydrogens is 286 g/mol. The van der Waals surface area contributed by atoms with Gasteiger partial charge in [0.1, 0.15) is 5.76 Å². The molecule has 2 heterocycles. The minimum atomic E-state index is -0.00987. The summed E-state index contributed by atoms with van der Waals surface area (Å²) in [6.07, 6.45) is 4.81. The van der Waals surface area contributed by atoms with Gasteiger partial charge in [-0.2, -0.15) is 0 Å². The highest BCUT2D eigenvalue weighted by Gasteiger charge is 2.12. The van der Waals surface area contributed by atoms with Crippen LogP contribution in [0.5, 0.6) is 0 Å². The summed E-state index contributed by atoms with van der Waals surface area (Å²) in [6, 6.07) is 6.13. The first-order valence-electron chi connectivity index (χ1n) is 5.28. The topological polar surface area (TPSA) is 39.2 Å². The van der Waals surface area contributed by atoms with Gasteiger partial charge in [-0.05, 0) is 52.7 Å². The lowest BCUT2D eigenvalue weighted by molar-refractivity contribution is 0.444. The summed E-state index contributed by atoms with van der Waals surface area (Å²) < 4.78 is 6.31. The molecule has 0 aliphatic carbocycles. The molecule has 1 unspecified atom stereocenters. The summed E-state index contributed by atoms with van der Waals surface area (Å²) in [6.45, 7) is 0. The van der Waals surface area contributed by atoms with E-state index in [4.69, 9.17) is 10.2 Å². The average molecular weight is 300 g/mol. The van der Waals surface area contributed by atoms with Crippen LogP contribution < -0.4 is 5.73 Å². The smallest absolute Gasteiger partial charge is 0.134 e. The zero-order valence-corrected chi connectivity index (χ0v) is 11.3. The zero-order valence-electron chi connectivity index (χ0n) is 8.86. The third kappa shape index (κ3) is 2.97. The molecule has 0 saturated heterocycles. The van der Waals surface area contributed by atoms with Crippen molar-refractivity contribution in [3.05, 3.63) is 45.0 Å². The van der Waals surface area contributed by atoms with Crippen LogP contribution >= 0.6 is 27.3 Å². The fourth-order valence-corrected chi connectivity index (χ4v) is 2.90. The molecule has 2 nitrogen and oxygen atoms in total. The van der Waals surface area contributed by atoms with E-state index in [0.29, 0.717) is 0 Å². The van der Waals surface area contributed by atoms with Gasteiger partial charge in [0.15, 0.2) is 0 Å². The number of thiophene rings is 1. The lowest BCUT2D eigenvalue weighted by Crippen LogP contribution is -2.09.